The second-order valence-corrected chi connectivity index (χ2v) is 9.11. The lowest BCUT2D eigenvalue weighted by Crippen LogP contribution is -2.45. The molecular formula is C21H37ClO6. The topological polar surface area (TPSA) is 104 Å². The normalized spacial score (nSPS) is 44.6. The van der Waals surface area contributed by atoms with Gasteiger partial charge in [0.05, 0.1) is 24.2 Å². The molecule has 0 spiro atoms. The van der Waals surface area contributed by atoms with E-state index in [2.05, 4.69) is 0 Å². The predicted molar refractivity (Wildman–Crippen MR) is 108 cm³/mol. The van der Waals surface area contributed by atoms with E-state index in [9.17, 15) is 24.9 Å². The Morgan fingerprint density at radius 2 is 1.43 bits per heavy atom. The first-order chi connectivity index (χ1) is 12.9. The van der Waals surface area contributed by atoms with Gasteiger partial charge in [-0.25, -0.2) is 0 Å². The summed E-state index contributed by atoms with van der Waals surface area (Å²) in [6.45, 7) is 10.3. The molecule has 1 rings (SSSR count). The van der Waals surface area contributed by atoms with Crippen molar-refractivity contribution < 1.29 is 29.6 Å². The van der Waals surface area contributed by atoms with Gasteiger partial charge in [-0.1, -0.05) is 34.6 Å². The van der Waals surface area contributed by atoms with Crippen LogP contribution in [0.3, 0.4) is 0 Å². The molecule has 1 aliphatic rings. The number of cyclic esters (lactones) is 1. The van der Waals surface area contributed by atoms with Gasteiger partial charge in [-0.15, -0.1) is 11.6 Å². The van der Waals surface area contributed by atoms with Crippen molar-refractivity contribution in [1.29, 1.82) is 0 Å². The zero-order valence-electron chi connectivity index (χ0n) is 17.8. The zero-order chi connectivity index (χ0) is 21.8. The highest BCUT2D eigenvalue weighted by Gasteiger charge is 2.40. The van der Waals surface area contributed by atoms with Crippen molar-refractivity contribution in [2.24, 2.45) is 35.5 Å². The van der Waals surface area contributed by atoms with Crippen molar-refractivity contribution >= 4 is 23.4 Å². The maximum absolute atomic E-state index is 12.8. The Kier molecular flexibility index (Phi) is 9.87. The van der Waals surface area contributed by atoms with E-state index in [1.54, 1.807) is 34.6 Å². The first-order valence-electron chi connectivity index (χ1n) is 10.3. The Morgan fingerprint density at radius 3 is 1.96 bits per heavy atom. The van der Waals surface area contributed by atoms with Crippen molar-refractivity contribution in [3.8, 4) is 0 Å². The largest absolute Gasteiger partial charge is 0.462 e. The Balaban J connectivity index is 3.25. The number of carbonyl (C=O) groups is 2. The number of ketones is 1. The minimum absolute atomic E-state index is 0.0898. The third-order valence-electron chi connectivity index (χ3n) is 6.50. The average Bonchev–Trinajstić information content (AvgIpc) is 2.67. The maximum atomic E-state index is 12.8. The molecule has 0 aliphatic carbocycles. The number of aliphatic hydroxyl groups excluding tert-OH is 3. The second-order valence-electron chi connectivity index (χ2n) is 8.74. The van der Waals surface area contributed by atoms with Crippen molar-refractivity contribution in [1.82, 2.24) is 0 Å². The molecule has 1 heterocycles. The second kappa shape index (κ2) is 10.9. The molecule has 164 valence electrons. The molecule has 0 amide bonds. The first-order valence-corrected chi connectivity index (χ1v) is 10.8. The van der Waals surface area contributed by atoms with Gasteiger partial charge in [0.2, 0.25) is 0 Å². The van der Waals surface area contributed by atoms with E-state index < -0.39 is 54.1 Å². The van der Waals surface area contributed by atoms with Gasteiger partial charge in [0, 0.05) is 29.6 Å². The van der Waals surface area contributed by atoms with Crippen LogP contribution in [0.2, 0.25) is 0 Å². The highest BCUT2D eigenvalue weighted by molar-refractivity contribution is 6.17. The van der Waals surface area contributed by atoms with Crippen LogP contribution in [0.1, 0.15) is 54.4 Å². The number of ether oxygens (including phenoxy) is 1. The van der Waals surface area contributed by atoms with Crippen LogP contribution in [0.25, 0.3) is 0 Å². The minimum Gasteiger partial charge on any atom is -0.462 e. The van der Waals surface area contributed by atoms with Gasteiger partial charge in [0.25, 0.3) is 0 Å². The van der Waals surface area contributed by atoms with Crippen molar-refractivity contribution in [2.45, 2.75) is 78.8 Å². The molecule has 0 radical (unpaired) electrons. The fourth-order valence-corrected chi connectivity index (χ4v) is 4.43. The van der Waals surface area contributed by atoms with Crippen molar-refractivity contribution in [3.05, 3.63) is 0 Å². The standard InChI is InChI=1S/C21H37ClO6/c1-10-9-11(2)18(24)14(5)20(26)15(6)21(27)28-16(7-8-22)12(3)19(25)13(4)17(10)23/h10-16,18-20,24-26H,7-9H2,1-6H3/t10-,11+,12+,13+,14-,15-,16-,18+,19+,20+/m1/s1. The number of rotatable bonds is 2. The Bertz CT molecular complexity index is 527. The molecule has 7 heteroatoms. The molecule has 0 aromatic carbocycles. The molecule has 6 nitrogen and oxygen atoms in total. The number of halogens is 1. The van der Waals surface area contributed by atoms with Gasteiger partial charge in [-0.3, -0.25) is 9.59 Å². The van der Waals surface area contributed by atoms with Gasteiger partial charge in [-0.05, 0) is 25.7 Å². The molecule has 1 fully saturated rings. The van der Waals surface area contributed by atoms with Gasteiger partial charge in [0.15, 0.2) is 0 Å². The summed E-state index contributed by atoms with van der Waals surface area (Å²) in [6.07, 6.45) is -2.84. The number of aliphatic hydroxyl groups is 3. The quantitative estimate of drug-likeness (QED) is 0.468. The zero-order valence-corrected chi connectivity index (χ0v) is 18.6. The lowest BCUT2D eigenvalue weighted by Gasteiger charge is -2.36. The summed E-state index contributed by atoms with van der Waals surface area (Å²) in [5.74, 6) is -3.56. The van der Waals surface area contributed by atoms with Crippen LogP contribution < -0.4 is 0 Å². The van der Waals surface area contributed by atoms with E-state index in [0.29, 0.717) is 12.8 Å². The summed E-state index contributed by atoms with van der Waals surface area (Å²) in [7, 11) is 0. The summed E-state index contributed by atoms with van der Waals surface area (Å²) >= 11 is 5.86. The minimum atomic E-state index is -1.09. The van der Waals surface area contributed by atoms with Crippen molar-refractivity contribution in [2.75, 3.05) is 5.88 Å². The molecular weight excluding hydrogens is 384 g/mol. The lowest BCUT2D eigenvalue weighted by molar-refractivity contribution is -0.166. The van der Waals surface area contributed by atoms with Crippen molar-refractivity contribution in [3.63, 3.8) is 0 Å². The van der Waals surface area contributed by atoms with Gasteiger partial charge in [-0.2, -0.15) is 0 Å². The smallest absolute Gasteiger partial charge is 0.311 e. The number of Topliss-reactive ketones (excluding diaryl/α,β-unsaturated/α-hetero) is 1. The predicted octanol–water partition coefficient (Wildman–Crippen LogP) is 2.40. The highest BCUT2D eigenvalue weighted by atomic mass is 35.5. The van der Waals surface area contributed by atoms with Gasteiger partial charge >= 0.3 is 5.97 Å². The van der Waals surface area contributed by atoms with E-state index in [4.69, 9.17) is 16.3 Å². The summed E-state index contributed by atoms with van der Waals surface area (Å²) in [4.78, 5) is 25.4. The lowest BCUT2D eigenvalue weighted by atomic mass is 9.77. The van der Waals surface area contributed by atoms with Crippen LogP contribution >= 0.6 is 11.6 Å². The van der Waals surface area contributed by atoms with E-state index in [1.807, 2.05) is 6.92 Å². The summed E-state index contributed by atoms with van der Waals surface area (Å²) in [5, 5.41) is 32.0. The molecule has 0 aromatic rings. The van der Waals surface area contributed by atoms with Crippen LogP contribution in [0.4, 0.5) is 0 Å². The number of esters is 1. The molecule has 0 saturated carbocycles. The average molecular weight is 421 g/mol. The summed E-state index contributed by atoms with van der Waals surface area (Å²) in [5.41, 5.74) is 0. The molecule has 0 bridgehead atoms. The van der Waals surface area contributed by atoms with E-state index in [1.165, 1.54) is 0 Å². The number of hydrogen-bond donors (Lipinski definition) is 3. The van der Waals surface area contributed by atoms with E-state index in [0.717, 1.165) is 0 Å². The van der Waals surface area contributed by atoms with E-state index >= 15 is 0 Å². The molecule has 28 heavy (non-hydrogen) atoms. The van der Waals surface area contributed by atoms with Crippen LogP contribution in [-0.4, -0.2) is 57.4 Å². The number of carbonyl (C=O) groups excluding carboxylic acids is 2. The Labute approximate surface area is 173 Å². The van der Waals surface area contributed by atoms with E-state index in [-0.39, 0.29) is 23.5 Å². The van der Waals surface area contributed by atoms with Crippen LogP contribution in [0, 0.1) is 35.5 Å². The van der Waals surface area contributed by atoms with Crippen LogP contribution in [0.15, 0.2) is 0 Å². The monoisotopic (exact) mass is 420 g/mol. The van der Waals surface area contributed by atoms with Gasteiger partial charge in [0.1, 0.15) is 11.9 Å². The molecule has 1 saturated heterocycles. The summed E-state index contributed by atoms with van der Waals surface area (Å²) < 4.78 is 5.59. The molecule has 0 unspecified atom stereocenters. The molecule has 1 aliphatic heterocycles. The third-order valence-corrected chi connectivity index (χ3v) is 6.72. The molecule has 0 aromatic heterocycles. The van der Waals surface area contributed by atoms with Gasteiger partial charge < -0.3 is 20.1 Å². The Morgan fingerprint density at radius 1 is 0.893 bits per heavy atom. The fraction of sp³-hybridized carbons (Fsp3) is 0.905. The maximum Gasteiger partial charge on any atom is 0.311 e. The fourth-order valence-electron chi connectivity index (χ4n) is 4.21. The Hall–Kier alpha value is -0.690. The highest BCUT2D eigenvalue weighted by Crippen LogP contribution is 2.31. The first kappa shape index (κ1) is 25.3. The molecule has 3 N–H and O–H groups in total. The SMILES string of the molecule is C[C@@H]1[C@@H](O)[C@@H](C)C[C@@H](C)C(=O)[C@H](C)[C@@H](O)[C@@H](C)[C@@H](CCCl)OC(=O)[C@H](C)[C@H]1O. The number of alkyl halides is 1. The van der Waals surface area contributed by atoms with Crippen LogP contribution in [-0.2, 0) is 14.3 Å². The summed E-state index contributed by atoms with van der Waals surface area (Å²) in [6, 6.07) is 0. The number of hydrogen-bond acceptors (Lipinski definition) is 6. The third kappa shape index (κ3) is 5.91. The van der Waals surface area contributed by atoms with Crippen LogP contribution in [0.5, 0.6) is 0 Å². The molecule has 10 atom stereocenters.